The van der Waals surface area contributed by atoms with Gasteiger partial charge in [0.1, 0.15) is 5.56 Å². The van der Waals surface area contributed by atoms with Crippen molar-refractivity contribution in [2.75, 3.05) is 20.2 Å². The number of ether oxygens (including phenoxy) is 1. The number of nitrogens with one attached hydrogen (secondary N) is 1. The van der Waals surface area contributed by atoms with Gasteiger partial charge >= 0.3 is 12.1 Å². The van der Waals surface area contributed by atoms with Crippen molar-refractivity contribution in [2.24, 2.45) is 7.05 Å². The van der Waals surface area contributed by atoms with Crippen molar-refractivity contribution < 1.29 is 19.4 Å². The van der Waals surface area contributed by atoms with Gasteiger partial charge in [0, 0.05) is 32.7 Å². The lowest BCUT2D eigenvalue weighted by Crippen LogP contribution is -2.37. The Labute approximate surface area is 116 Å². The summed E-state index contributed by atoms with van der Waals surface area (Å²) in [5.74, 6) is -0.975. The van der Waals surface area contributed by atoms with Crippen LogP contribution in [0.2, 0.25) is 0 Å². The lowest BCUT2D eigenvalue weighted by atomic mass is 10.2. The van der Waals surface area contributed by atoms with Gasteiger partial charge in [-0.05, 0) is 6.42 Å². The number of carboxylic acid groups (broad SMARTS) is 1. The van der Waals surface area contributed by atoms with Gasteiger partial charge in [0.25, 0.3) is 0 Å². The summed E-state index contributed by atoms with van der Waals surface area (Å²) in [4.78, 5) is 24.3. The summed E-state index contributed by atoms with van der Waals surface area (Å²) in [7, 11) is 3.05. The fraction of sp³-hybridized carbons (Fsp3) is 0.583. The summed E-state index contributed by atoms with van der Waals surface area (Å²) in [6.07, 6.45) is 1.73. The Morgan fingerprint density at radius 1 is 1.60 bits per heavy atom. The summed E-state index contributed by atoms with van der Waals surface area (Å²) >= 11 is 0. The maximum Gasteiger partial charge on any atom is 0.407 e. The van der Waals surface area contributed by atoms with Gasteiger partial charge in [-0.2, -0.15) is 5.10 Å². The van der Waals surface area contributed by atoms with Crippen molar-refractivity contribution in [3.63, 3.8) is 0 Å². The van der Waals surface area contributed by atoms with Gasteiger partial charge in [-0.15, -0.1) is 0 Å². The van der Waals surface area contributed by atoms with Gasteiger partial charge in [0.05, 0.1) is 19.0 Å². The smallest absolute Gasteiger partial charge is 0.407 e. The first-order valence-corrected chi connectivity index (χ1v) is 6.32. The van der Waals surface area contributed by atoms with Crippen molar-refractivity contribution in [1.29, 1.82) is 0 Å². The van der Waals surface area contributed by atoms with Crippen LogP contribution in [0.15, 0.2) is 6.20 Å². The van der Waals surface area contributed by atoms with Gasteiger partial charge in [-0.3, -0.25) is 9.58 Å². The molecule has 2 rings (SSSR count). The molecule has 0 saturated carbocycles. The van der Waals surface area contributed by atoms with Crippen LogP contribution < -0.4 is 5.32 Å². The highest BCUT2D eigenvalue weighted by Gasteiger charge is 2.26. The van der Waals surface area contributed by atoms with Gasteiger partial charge in [-0.25, -0.2) is 9.59 Å². The van der Waals surface area contributed by atoms with E-state index in [9.17, 15) is 9.59 Å². The van der Waals surface area contributed by atoms with Gasteiger partial charge in [-0.1, -0.05) is 0 Å². The number of methoxy groups -OCH3 is 1. The van der Waals surface area contributed by atoms with Crippen LogP contribution in [0.3, 0.4) is 0 Å². The molecular weight excluding hydrogens is 264 g/mol. The van der Waals surface area contributed by atoms with Crippen molar-refractivity contribution in [3.05, 3.63) is 17.5 Å². The summed E-state index contributed by atoms with van der Waals surface area (Å²) in [6, 6.07) is 0.0314. The number of aryl methyl sites for hydroxylation is 1. The predicted molar refractivity (Wildman–Crippen MR) is 69.4 cm³/mol. The summed E-state index contributed by atoms with van der Waals surface area (Å²) in [5, 5.41) is 15.8. The Bertz CT molecular complexity index is 514. The van der Waals surface area contributed by atoms with E-state index in [2.05, 4.69) is 20.1 Å². The molecule has 1 unspecified atom stereocenters. The van der Waals surface area contributed by atoms with E-state index >= 15 is 0 Å². The number of nitrogens with zero attached hydrogens (tertiary/aromatic N) is 3. The first-order chi connectivity index (χ1) is 9.51. The average molecular weight is 282 g/mol. The van der Waals surface area contributed by atoms with E-state index in [4.69, 9.17) is 5.11 Å². The zero-order chi connectivity index (χ0) is 14.7. The second kappa shape index (κ2) is 5.91. The number of amides is 1. The molecule has 2 heterocycles. The van der Waals surface area contributed by atoms with Gasteiger partial charge < -0.3 is 15.2 Å². The molecule has 1 aromatic rings. The van der Waals surface area contributed by atoms with Crippen LogP contribution >= 0.6 is 0 Å². The molecule has 110 valence electrons. The van der Waals surface area contributed by atoms with E-state index in [1.165, 1.54) is 13.3 Å². The number of rotatable bonds is 4. The van der Waals surface area contributed by atoms with Crippen molar-refractivity contribution >= 4 is 12.1 Å². The molecule has 1 fully saturated rings. The highest BCUT2D eigenvalue weighted by atomic mass is 16.5. The molecule has 20 heavy (non-hydrogen) atoms. The third-order valence-corrected chi connectivity index (χ3v) is 3.45. The molecule has 1 aliphatic rings. The predicted octanol–water partition coefficient (Wildman–Crippen LogP) is 0.0486. The largest absolute Gasteiger partial charge is 0.478 e. The van der Waals surface area contributed by atoms with E-state index in [1.807, 2.05) is 0 Å². The van der Waals surface area contributed by atoms with E-state index < -0.39 is 12.1 Å². The molecule has 0 bridgehead atoms. The Morgan fingerprint density at radius 2 is 2.35 bits per heavy atom. The quantitative estimate of drug-likeness (QED) is 0.810. The third-order valence-electron chi connectivity index (χ3n) is 3.45. The number of likely N-dealkylation sites (tertiary alicyclic amines) is 1. The lowest BCUT2D eigenvalue weighted by Gasteiger charge is -2.17. The fourth-order valence-corrected chi connectivity index (χ4v) is 2.36. The molecule has 8 heteroatoms. The van der Waals surface area contributed by atoms with Crippen LogP contribution in [0.5, 0.6) is 0 Å². The molecule has 0 spiro atoms. The second-order valence-corrected chi connectivity index (χ2v) is 4.79. The van der Waals surface area contributed by atoms with E-state index in [0.29, 0.717) is 18.8 Å². The Morgan fingerprint density at radius 3 is 3.00 bits per heavy atom. The first kappa shape index (κ1) is 14.3. The normalized spacial score (nSPS) is 19.0. The summed E-state index contributed by atoms with van der Waals surface area (Å²) < 4.78 is 6.14. The number of aromatic carboxylic acids is 1. The SMILES string of the molecule is COC(=O)NC1CCN(Cc2c(C(=O)O)cnn2C)C1. The highest BCUT2D eigenvalue weighted by molar-refractivity contribution is 5.88. The number of hydrogen-bond acceptors (Lipinski definition) is 5. The minimum atomic E-state index is -0.975. The molecule has 1 aliphatic heterocycles. The van der Waals surface area contributed by atoms with E-state index in [-0.39, 0.29) is 11.6 Å². The highest BCUT2D eigenvalue weighted by Crippen LogP contribution is 2.16. The Kier molecular flexibility index (Phi) is 4.23. The second-order valence-electron chi connectivity index (χ2n) is 4.79. The lowest BCUT2D eigenvalue weighted by molar-refractivity contribution is 0.0694. The maximum absolute atomic E-state index is 11.1. The van der Waals surface area contributed by atoms with Crippen molar-refractivity contribution in [3.8, 4) is 0 Å². The Hall–Kier alpha value is -2.09. The molecular formula is C12H18N4O4. The fourth-order valence-electron chi connectivity index (χ4n) is 2.36. The third kappa shape index (κ3) is 3.08. The van der Waals surface area contributed by atoms with Gasteiger partial charge in [0.2, 0.25) is 0 Å². The number of hydrogen-bond donors (Lipinski definition) is 2. The molecule has 2 N–H and O–H groups in total. The van der Waals surface area contributed by atoms with Gasteiger partial charge in [0.15, 0.2) is 0 Å². The van der Waals surface area contributed by atoms with Crippen molar-refractivity contribution in [2.45, 2.75) is 19.0 Å². The van der Waals surface area contributed by atoms with E-state index in [0.717, 1.165) is 13.0 Å². The minimum absolute atomic E-state index is 0.0314. The summed E-state index contributed by atoms with van der Waals surface area (Å²) in [5.41, 5.74) is 0.882. The van der Waals surface area contributed by atoms with Crippen LogP contribution in [-0.2, 0) is 18.3 Å². The average Bonchev–Trinajstić information content (AvgIpc) is 2.98. The number of carboxylic acids is 1. The van der Waals surface area contributed by atoms with Crippen LogP contribution in [0.25, 0.3) is 0 Å². The van der Waals surface area contributed by atoms with Crippen molar-refractivity contribution in [1.82, 2.24) is 20.0 Å². The standard InChI is InChI=1S/C12H18N4O4/c1-15-10(9(5-13-15)11(17)18)7-16-4-3-8(6-16)14-12(19)20-2/h5,8H,3-4,6-7H2,1-2H3,(H,14,19)(H,17,18). The first-order valence-electron chi connectivity index (χ1n) is 6.32. The monoisotopic (exact) mass is 282 g/mol. The maximum atomic E-state index is 11.1. The van der Waals surface area contributed by atoms with E-state index in [1.54, 1.807) is 11.7 Å². The molecule has 1 aromatic heterocycles. The topological polar surface area (TPSA) is 96.7 Å². The number of aromatic nitrogens is 2. The minimum Gasteiger partial charge on any atom is -0.478 e. The number of carbonyl (C=O) groups is 2. The summed E-state index contributed by atoms with van der Waals surface area (Å²) in [6.45, 7) is 1.95. The molecule has 8 nitrogen and oxygen atoms in total. The van der Waals surface area contributed by atoms with Crippen LogP contribution in [0, 0.1) is 0 Å². The Balaban J connectivity index is 1.97. The zero-order valence-corrected chi connectivity index (χ0v) is 11.5. The molecule has 1 saturated heterocycles. The van der Waals surface area contributed by atoms with Crippen LogP contribution in [0.4, 0.5) is 4.79 Å². The molecule has 1 amide bonds. The van der Waals surface area contributed by atoms with Crippen LogP contribution in [0.1, 0.15) is 22.5 Å². The molecule has 0 radical (unpaired) electrons. The number of alkyl carbamates (subject to hydrolysis) is 1. The number of carbonyl (C=O) groups excluding carboxylic acids is 1. The molecule has 0 aliphatic carbocycles. The molecule has 1 atom stereocenters. The zero-order valence-electron chi connectivity index (χ0n) is 11.5. The van der Waals surface area contributed by atoms with Crippen LogP contribution in [-0.4, -0.2) is 58.1 Å². The molecule has 0 aromatic carbocycles.